The molecule has 0 amide bonds. The summed E-state index contributed by atoms with van der Waals surface area (Å²) in [6.07, 6.45) is 9.33. The molecule has 1 heterocycles. The molecule has 3 fully saturated rings. The predicted octanol–water partition coefficient (Wildman–Crippen LogP) is 4.15. The van der Waals surface area contributed by atoms with Crippen molar-refractivity contribution in [1.29, 1.82) is 0 Å². The zero-order chi connectivity index (χ0) is 10.4. The molecule has 2 aliphatic carbocycles. The molecule has 2 saturated carbocycles. The SMILES string of the molecule is CC1CCCC2C3CCCC(C)C3[Se]C12. The molecule has 0 radical (unpaired) electrons. The van der Waals surface area contributed by atoms with Crippen molar-refractivity contribution in [3.05, 3.63) is 0 Å². The second kappa shape index (κ2) is 4.07. The molecule has 1 aliphatic heterocycles. The van der Waals surface area contributed by atoms with Crippen molar-refractivity contribution in [2.45, 2.75) is 62.0 Å². The van der Waals surface area contributed by atoms with E-state index in [1.54, 1.807) is 12.8 Å². The molecule has 0 spiro atoms. The summed E-state index contributed by atoms with van der Waals surface area (Å²) in [5.74, 6) is 4.48. The fraction of sp³-hybridized carbons (Fsp3) is 1.00. The van der Waals surface area contributed by atoms with Crippen molar-refractivity contribution in [1.82, 2.24) is 0 Å². The van der Waals surface area contributed by atoms with Gasteiger partial charge in [0.05, 0.1) is 0 Å². The van der Waals surface area contributed by atoms with Crippen LogP contribution in [0, 0.1) is 23.7 Å². The van der Waals surface area contributed by atoms with Crippen molar-refractivity contribution < 1.29 is 0 Å². The zero-order valence-corrected chi connectivity index (χ0v) is 11.8. The van der Waals surface area contributed by atoms with E-state index in [1.807, 2.05) is 0 Å². The molecule has 3 rings (SSSR count). The Labute approximate surface area is 101 Å². The quantitative estimate of drug-likeness (QED) is 0.580. The van der Waals surface area contributed by atoms with Crippen LogP contribution >= 0.6 is 0 Å². The van der Waals surface area contributed by atoms with Crippen molar-refractivity contribution in [2.24, 2.45) is 23.7 Å². The Hall–Kier alpha value is 0.519. The van der Waals surface area contributed by atoms with Crippen LogP contribution in [-0.2, 0) is 0 Å². The number of fused-ring (bicyclic) bond motifs is 3. The molecule has 1 heteroatoms. The summed E-state index contributed by atoms with van der Waals surface area (Å²) in [6, 6.07) is 0. The average Bonchev–Trinajstić information content (AvgIpc) is 2.60. The van der Waals surface area contributed by atoms with Crippen LogP contribution in [-0.4, -0.2) is 15.0 Å². The van der Waals surface area contributed by atoms with Crippen molar-refractivity contribution in [3.63, 3.8) is 0 Å². The van der Waals surface area contributed by atoms with Crippen LogP contribution < -0.4 is 0 Å². The molecule has 0 bridgehead atoms. The van der Waals surface area contributed by atoms with Crippen LogP contribution in [0.3, 0.4) is 0 Å². The first-order chi connectivity index (χ1) is 7.27. The van der Waals surface area contributed by atoms with Crippen LogP contribution in [0.25, 0.3) is 0 Å². The van der Waals surface area contributed by atoms with Crippen molar-refractivity contribution >= 4 is 15.0 Å². The predicted molar refractivity (Wildman–Crippen MR) is 66.3 cm³/mol. The number of rotatable bonds is 0. The minimum absolute atomic E-state index is 0.995. The van der Waals surface area contributed by atoms with E-state index in [-0.39, 0.29) is 0 Å². The summed E-state index contributed by atoms with van der Waals surface area (Å²) in [4.78, 5) is 2.36. The Balaban J connectivity index is 1.81. The van der Waals surface area contributed by atoms with E-state index < -0.39 is 0 Å². The summed E-state index contributed by atoms with van der Waals surface area (Å²) in [7, 11) is 0. The molecule has 0 aromatic rings. The van der Waals surface area contributed by atoms with E-state index in [1.165, 1.54) is 47.2 Å². The molecule has 0 N–H and O–H groups in total. The molecular formula is C14H24Se. The summed E-state index contributed by atoms with van der Waals surface area (Å²) in [6.45, 7) is 5.08. The van der Waals surface area contributed by atoms with E-state index in [9.17, 15) is 0 Å². The topological polar surface area (TPSA) is 0 Å². The normalized spacial score (nSPS) is 54.8. The molecule has 0 aromatic heterocycles. The molecule has 6 unspecified atom stereocenters. The molecule has 6 atom stereocenters. The summed E-state index contributed by atoms with van der Waals surface area (Å²) in [5.41, 5.74) is 0. The molecule has 1 saturated heterocycles. The van der Waals surface area contributed by atoms with Gasteiger partial charge in [-0.1, -0.05) is 0 Å². The van der Waals surface area contributed by atoms with Crippen LogP contribution in [0.5, 0.6) is 0 Å². The van der Waals surface area contributed by atoms with Gasteiger partial charge in [-0.3, -0.25) is 0 Å². The van der Waals surface area contributed by atoms with Crippen molar-refractivity contribution in [3.8, 4) is 0 Å². The summed E-state index contributed by atoms with van der Waals surface area (Å²) < 4.78 is 0. The van der Waals surface area contributed by atoms with Crippen LogP contribution in [0.15, 0.2) is 0 Å². The summed E-state index contributed by atoms with van der Waals surface area (Å²) in [5, 5.41) is 0. The third kappa shape index (κ3) is 1.71. The van der Waals surface area contributed by atoms with E-state index in [0.29, 0.717) is 0 Å². The molecule has 0 nitrogen and oxygen atoms in total. The third-order valence-electron chi connectivity index (χ3n) is 5.22. The van der Waals surface area contributed by atoms with Gasteiger partial charge in [0, 0.05) is 0 Å². The van der Waals surface area contributed by atoms with Gasteiger partial charge in [0.15, 0.2) is 0 Å². The van der Waals surface area contributed by atoms with Crippen LogP contribution in [0.2, 0.25) is 9.63 Å². The maximum atomic E-state index is 2.54. The second-order valence-corrected chi connectivity index (χ2v) is 9.06. The van der Waals surface area contributed by atoms with Crippen molar-refractivity contribution in [2.75, 3.05) is 0 Å². The zero-order valence-electron chi connectivity index (χ0n) is 10.1. The first kappa shape index (κ1) is 10.7. The van der Waals surface area contributed by atoms with Gasteiger partial charge in [-0.15, -0.1) is 0 Å². The van der Waals surface area contributed by atoms with Gasteiger partial charge < -0.3 is 0 Å². The third-order valence-corrected chi connectivity index (χ3v) is 9.96. The molecular weight excluding hydrogens is 247 g/mol. The first-order valence-corrected chi connectivity index (χ1v) is 8.90. The number of hydrogen-bond donors (Lipinski definition) is 0. The second-order valence-electron chi connectivity index (χ2n) is 6.21. The minimum atomic E-state index is 0.995. The fourth-order valence-corrected chi connectivity index (χ4v) is 9.14. The Kier molecular flexibility index (Phi) is 2.90. The summed E-state index contributed by atoms with van der Waals surface area (Å²) >= 11 is 0.995. The van der Waals surface area contributed by atoms with Gasteiger partial charge in [-0.25, -0.2) is 0 Å². The first-order valence-electron chi connectivity index (χ1n) is 6.93. The van der Waals surface area contributed by atoms with E-state index >= 15 is 0 Å². The van der Waals surface area contributed by atoms with E-state index in [0.717, 1.165) is 26.8 Å². The standard InChI is InChI=1S/C14H24Se/c1-9-5-3-7-11-12-8-4-6-10(2)14(12)15-13(9)11/h9-14H,3-8H2,1-2H3. The average molecular weight is 271 g/mol. The molecule has 15 heavy (non-hydrogen) atoms. The molecule has 86 valence electrons. The Bertz CT molecular complexity index is 213. The van der Waals surface area contributed by atoms with Gasteiger partial charge in [-0.2, -0.15) is 0 Å². The molecule has 3 aliphatic rings. The van der Waals surface area contributed by atoms with Gasteiger partial charge >= 0.3 is 101 Å². The van der Waals surface area contributed by atoms with E-state index in [2.05, 4.69) is 13.8 Å². The number of hydrogen-bond acceptors (Lipinski definition) is 0. The Morgan fingerprint density at radius 2 is 1.20 bits per heavy atom. The van der Waals surface area contributed by atoms with Gasteiger partial charge in [0.2, 0.25) is 0 Å². The van der Waals surface area contributed by atoms with Crippen LogP contribution in [0.1, 0.15) is 52.4 Å². The van der Waals surface area contributed by atoms with Gasteiger partial charge in [0.1, 0.15) is 0 Å². The van der Waals surface area contributed by atoms with Gasteiger partial charge in [0.25, 0.3) is 0 Å². The molecule has 0 aromatic carbocycles. The van der Waals surface area contributed by atoms with Gasteiger partial charge in [-0.05, 0) is 0 Å². The van der Waals surface area contributed by atoms with E-state index in [4.69, 9.17) is 0 Å². The Morgan fingerprint density at radius 3 is 1.67 bits per heavy atom. The fourth-order valence-electron chi connectivity index (χ4n) is 4.42. The van der Waals surface area contributed by atoms with Crippen LogP contribution in [0.4, 0.5) is 0 Å². The monoisotopic (exact) mass is 272 g/mol. The maximum absolute atomic E-state index is 2.54. The Morgan fingerprint density at radius 1 is 0.733 bits per heavy atom.